The van der Waals surface area contributed by atoms with E-state index in [-0.39, 0.29) is 17.8 Å². The fourth-order valence-electron chi connectivity index (χ4n) is 3.79. The smallest absolute Gasteiger partial charge is 0.309 e. The van der Waals surface area contributed by atoms with E-state index in [1.54, 1.807) is 19.9 Å². The van der Waals surface area contributed by atoms with Crippen molar-refractivity contribution in [3.05, 3.63) is 45.9 Å². The van der Waals surface area contributed by atoms with Gasteiger partial charge in [0.25, 0.3) is 5.91 Å². The predicted molar refractivity (Wildman–Crippen MR) is 100 cm³/mol. The van der Waals surface area contributed by atoms with E-state index in [2.05, 4.69) is 5.32 Å². The molecule has 1 saturated carbocycles. The van der Waals surface area contributed by atoms with Crippen molar-refractivity contribution in [2.45, 2.75) is 51.9 Å². The van der Waals surface area contributed by atoms with Crippen LogP contribution in [0.3, 0.4) is 0 Å². The summed E-state index contributed by atoms with van der Waals surface area (Å²) in [7, 11) is 1.35. The second kappa shape index (κ2) is 7.62. The number of allylic oxidation sites excluding steroid dienone is 2. The Labute approximate surface area is 158 Å². The molecule has 2 aliphatic rings. The van der Waals surface area contributed by atoms with E-state index in [1.165, 1.54) is 13.2 Å². The molecule has 1 atom stereocenters. The zero-order chi connectivity index (χ0) is 19.7. The largest absolute Gasteiger partial charge is 0.469 e. The van der Waals surface area contributed by atoms with Crippen LogP contribution in [-0.4, -0.2) is 24.7 Å². The first-order valence-corrected chi connectivity index (χ1v) is 9.29. The van der Waals surface area contributed by atoms with Gasteiger partial charge in [0.05, 0.1) is 13.0 Å². The Morgan fingerprint density at radius 3 is 2.56 bits per heavy atom. The molecule has 1 aromatic rings. The maximum atomic E-state index is 14.1. The standard InChI is InChI=1S/C21H25FN2O3/c1-11-17(22)9-8-16(13-4-5-13)19(11)20(25)24-18-10-14(21(26)27-3)6-7-15(18)12(2)23/h8-9,13-14,23H,4-7,10H2,1-3H3,(H,24,25). The van der Waals surface area contributed by atoms with E-state index < -0.39 is 5.82 Å². The number of methoxy groups -OCH3 is 1. The fraction of sp³-hybridized carbons (Fsp3) is 0.476. The molecule has 144 valence electrons. The topological polar surface area (TPSA) is 79.2 Å². The molecule has 6 heteroatoms. The third kappa shape index (κ3) is 3.94. The van der Waals surface area contributed by atoms with Crippen LogP contribution in [0.4, 0.5) is 4.39 Å². The van der Waals surface area contributed by atoms with Gasteiger partial charge in [0.15, 0.2) is 0 Å². The molecule has 0 aliphatic heterocycles. The maximum Gasteiger partial charge on any atom is 0.309 e. The Kier molecular flexibility index (Phi) is 5.44. The van der Waals surface area contributed by atoms with Crippen LogP contribution in [0.5, 0.6) is 0 Å². The third-order valence-electron chi connectivity index (χ3n) is 5.48. The number of carbonyl (C=O) groups excluding carboxylic acids is 2. The Bertz CT molecular complexity index is 840. The number of benzene rings is 1. The Morgan fingerprint density at radius 2 is 1.96 bits per heavy atom. The molecular weight excluding hydrogens is 347 g/mol. The first-order chi connectivity index (χ1) is 12.8. The van der Waals surface area contributed by atoms with Crippen molar-refractivity contribution in [2.75, 3.05) is 7.11 Å². The van der Waals surface area contributed by atoms with E-state index in [4.69, 9.17) is 10.1 Å². The number of carbonyl (C=O) groups is 2. The predicted octanol–water partition coefficient (Wildman–Crippen LogP) is 4.01. The van der Waals surface area contributed by atoms with Crippen LogP contribution in [0, 0.1) is 24.1 Å². The van der Waals surface area contributed by atoms with Gasteiger partial charge in [0, 0.05) is 23.4 Å². The van der Waals surface area contributed by atoms with Crippen molar-refractivity contribution < 1.29 is 18.7 Å². The summed E-state index contributed by atoms with van der Waals surface area (Å²) < 4.78 is 19.0. The lowest BCUT2D eigenvalue weighted by Gasteiger charge is -2.26. The monoisotopic (exact) mass is 372 g/mol. The lowest BCUT2D eigenvalue weighted by molar-refractivity contribution is -0.145. The van der Waals surface area contributed by atoms with Gasteiger partial charge in [-0.2, -0.15) is 0 Å². The molecule has 27 heavy (non-hydrogen) atoms. The SMILES string of the molecule is COC(=O)C1CCC(C(C)=N)=C(NC(=O)c2c(C3CC3)ccc(F)c2C)C1. The van der Waals surface area contributed by atoms with Gasteiger partial charge >= 0.3 is 5.97 Å². The van der Waals surface area contributed by atoms with Crippen LogP contribution in [0.2, 0.25) is 0 Å². The number of amides is 1. The summed E-state index contributed by atoms with van der Waals surface area (Å²) in [5.74, 6) is -1.13. The van der Waals surface area contributed by atoms with Crippen molar-refractivity contribution in [3.8, 4) is 0 Å². The van der Waals surface area contributed by atoms with Crippen molar-refractivity contribution >= 4 is 17.6 Å². The van der Waals surface area contributed by atoms with Crippen molar-refractivity contribution in [3.63, 3.8) is 0 Å². The van der Waals surface area contributed by atoms with Crippen LogP contribution in [0.25, 0.3) is 0 Å². The molecule has 0 saturated heterocycles. The van der Waals surface area contributed by atoms with Crippen LogP contribution in [0.15, 0.2) is 23.4 Å². The second-order valence-electron chi connectivity index (χ2n) is 7.41. The second-order valence-corrected chi connectivity index (χ2v) is 7.41. The highest BCUT2D eigenvalue weighted by atomic mass is 19.1. The minimum atomic E-state index is -0.405. The molecule has 0 bridgehead atoms. The van der Waals surface area contributed by atoms with Gasteiger partial charge in [-0.05, 0) is 68.2 Å². The average molecular weight is 372 g/mol. The molecular formula is C21H25FN2O3. The summed E-state index contributed by atoms with van der Waals surface area (Å²) in [4.78, 5) is 25.0. The molecule has 5 nitrogen and oxygen atoms in total. The van der Waals surface area contributed by atoms with Gasteiger partial charge in [-0.15, -0.1) is 0 Å². The number of rotatable bonds is 5. The third-order valence-corrected chi connectivity index (χ3v) is 5.48. The highest BCUT2D eigenvalue weighted by molar-refractivity contribution is 6.01. The van der Waals surface area contributed by atoms with Gasteiger partial charge in [0.1, 0.15) is 5.82 Å². The minimum Gasteiger partial charge on any atom is -0.469 e. The highest BCUT2D eigenvalue weighted by Gasteiger charge is 2.32. The van der Waals surface area contributed by atoms with E-state index in [0.717, 1.165) is 24.0 Å². The number of hydrogen-bond donors (Lipinski definition) is 2. The van der Waals surface area contributed by atoms with Crippen LogP contribution in [-0.2, 0) is 9.53 Å². The van der Waals surface area contributed by atoms with Crippen molar-refractivity contribution in [1.29, 1.82) is 5.41 Å². The summed E-state index contributed by atoms with van der Waals surface area (Å²) in [5, 5.41) is 10.9. The summed E-state index contributed by atoms with van der Waals surface area (Å²) in [6.07, 6.45) is 3.44. The van der Waals surface area contributed by atoms with Gasteiger partial charge in [0.2, 0.25) is 0 Å². The quantitative estimate of drug-likeness (QED) is 0.605. The highest BCUT2D eigenvalue weighted by Crippen LogP contribution is 2.42. The number of hydrogen-bond acceptors (Lipinski definition) is 4. The number of esters is 1. The number of nitrogens with one attached hydrogen (secondary N) is 2. The molecule has 0 aromatic heterocycles. The van der Waals surface area contributed by atoms with E-state index in [0.29, 0.717) is 47.7 Å². The normalized spacial score (nSPS) is 19.6. The molecule has 1 fully saturated rings. The summed E-state index contributed by atoms with van der Waals surface area (Å²) in [6, 6.07) is 3.12. The van der Waals surface area contributed by atoms with Gasteiger partial charge in [-0.25, -0.2) is 4.39 Å². The first kappa shape index (κ1) is 19.3. The molecule has 1 unspecified atom stereocenters. The molecule has 0 spiro atoms. The lowest BCUT2D eigenvalue weighted by Crippen LogP contribution is -2.32. The van der Waals surface area contributed by atoms with Gasteiger partial charge < -0.3 is 15.5 Å². The fourth-order valence-corrected chi connectivity index (χ4v) is 3.79. The van der Waals surface area contributed by atoms with Gasteiger partial charge in [-0.3, -0.25) is 9.59 Å². The molecule has 3 rings (SSSR count). The number of halogens is 1. The van der Waals surface area contributed by atoms with Gasteiger partial charge in [-0.1, -0.05) is 6.07 Å². The molecule has 2 N–H and O–H groups in total. The molecule has 2 aliphatic carbocycles. The lowest BCUT2D eigenvalue weighted by atomic mass is 9.85. The van der Waals surface area contributed by atoms with Crippen LogP contribution >= 0.6 is 0 Å². The van der Waals surface area contributed by atoms with Crippen molar-refractivity contribution in [2.24, 2.45) is 5.92 Å². The Morgan fingerprint density at radius 1 is 1.26 bits per heavy atom. The molecule has 0 radical (unpaired) electrons. The van der Waals surface area contributed by atoms with E-state index >= 15 is 0 Å². The zero-order valence-electron chi connectivity index (χ0n) is 15.9. The van der Waals surface area contributed by atoms with E-state index in [1.807, 2.05) is 0 Å². The van der Waals surface area contributed by atoms with Crippen LogP contribution < -0.4 is 5.32 Å². The number of ether oxygens (including phenoxy) is 1. The molecule has 1 aromatic carbocycles. The first-order valence-electron chi connectivity index (χ1n) is 9.29. The van der Waals surface area contributed by atoms with Crippen LogP contribution in [0.1, 0.15) is 66.4 Å². The average Bonchev–Trinajstić information content (AvgIpc) is 3.47. The maximum absolute atomic E-state index is 14.1. The summed E-state index contributed by atoms with van der Waals surface area (Å²) in [6.45, 7) is 3.29. The molecule has 1 amide bonds. The summed E-state index contributed by atoms with van der Waals surface area (Å²) >= 11 is 0. The zero-order valence-corrected chi connectivity index (χ0v) is 15.9. The van der Waals surface area contributed by atoms with Crippen molar-refractivity contribution in [1.82, 2.24) is 5.32 Å². The summed E-state index contributed by atoms with van der Waals surface area (Å²) in [5.41, 5.74) is 3.27. The Balaban J connectivity index is 1.93. The minimum absolute atomic E-state index is 0.303. The Hall–Kier alpha value is -2.50. The molecule has 0 heterocycles. The van der Waals surface area contributed by atoms with E-state index in [9.17, 15) is 14.0 Å².